The van der Waals surface area contributed by atoms with Gasteiger partial charge < -0.3 is 9.63 Å². The summed E-state index contributed by atoms with van der Waals surface area (Å²) in [5, 5.41) is 20.0. The van der Waals surface area contributed by atoms with Crippen LogP contribution in [0.5, 0.6) is 0 Å². The van der Waals surface area contributed by atoms with E-state index in [1.165, 1.54) is 0 Å². The van der Waals surface area contributed by atoms with Gasteiger partial charge in [0.2, 0.25) is 0 Å². The predicted molar refractivity (Wildman–Crippen MR) is 76.0 cm³/mol. The predicted octanol–water partition coefficient (Wildman–Crippen LogP) is 3.14. The van der Waals surface area contributed by atoms with Crippen LogP contribution in [0, 0.1) is 23.2 Å². The molecule has 2 aliphatic carbocycles. The van der Waals surface area contributed by atoms with Crippen molar-refractivity contribution in [1.82, 2.24) is 0 Å². The Kier molecular flexibility index (Phi) is 5.11. The zero-order valence-corrected chi connectivity index (χ0v) is 13.3. The Bertz CT molecular complexity index is 490. The fourth-order valence-corrected chi connectivity index (χ4v) is 4.40. The number of nitrogens with zero attached hydrogens (tertiary/aromatic N) is 1. The van der Waals surface area contributed by atoms with Gasteiger partial charge in [0, 0.05) is 0 Å². The molecule has 0 unspecified atom stereocenters. The van der Waals surface area contributed by atoms with Gasteiger partial charge in [-0.05, 0) is 51.5 Å². The molecule has 0 aromatic rings. The molecule has 3 atom stereocenters. The van der Waals surface area contributed by atoms with E-state index in [0.29, 0.717) is 12.8 Å². The van der Waals surface area contributed by atoms with Gasteiger partial charge in [0.25, 0.3) is 0 Å². The second-order valence-corrected chi connectivity index (χ2v) is 6.98. The largest absolute Gasteiger partial charge is 0.529 e. The zero-order valence-electron chi connectivity index (χ0n) is 12.4. The molecule has 1 N–H and O–H groups in total. The molecule has 0 radical (unpaired) electrons. The molecular formula is C14H22NO5P. The number of hydrogen-bond acceptors (Lipinski definition) is 6. The van der Waals surface area contributed by atoms with Crippen molar-refractivity contribution < 1.29 is 23.2 Å². The Morgan fingerprint density at radius 1 is 1.48 bits per heavy atom. The molecule has 0 spiro atoms. The van der Waals surface area contributed by atoms with E-state index < -0.39 is 13.4 Å². The van der Waals surface area contributed by atoms with E-state index in [9.17, 15) is 9.67 Å². The van der Waals surface area contributed by atoms with Gasteiger partial charge in [0.15, 0.2) is 0 Å². The van der Waals surface area contributed by atoms with Crippen LogP contribution >= 0.6 is 7.82 Å². The maximum absolute atomic E-state index is 12.5. The number of allylic oxidation sites excluding steroid dienone is 1. The number of hydrogen-bond donors (Lipinski definition) is 1. The summed E-state index contributed by atoms with van der Waals surface area (Å²) in [4.78, 5) is 0. The van der Waals surface area contributed by atoms with Gasteiger partial charge in [-0.2, -0.15) is 5.26 Å². The summed E-state index contributed by atoms with van der Waals surface area (Å²) >= 11 is 0. The normalized spacial score (nSPS) is 32.2. The highest BCUT2D eigenvalue weighted by Gasteiger charge is 2.51. The van der Waals surface area contributed by atoms with Crippen molar-refractivity contribution in [2.45, 2.75) is 45.1 Å². The summed E-state index contributed by atoms with van der Waals surface area (Å²) in [7, 11) is -3.75. The highest BCUT2D eigenvalue weighted by Crippen LogP contribution is 2.57. The van der Waals surface area contributed by atoms with Crippen molar-refractivity contribution in [2.75, 3.05) is 13.2 Å². The lowest BCUT2D eigenvalue weighted by Gasteiger charge is -2.37. The second kappa shape index (κ2) is 6.50. The third kappa shape index (κ3) is 3.32. The van der Waals surface area contributed by atoms with Crippen molar-refractivity contribution in [3.05, 3.63) is 11.8 Å². The maximum atomic E-state index is 12.5. The maximum Gasteiger partial charge on any atom is 0.529 e. The molecule has 6 nitrogen and oxygen atoms in total. The zero-order chi connectivity index (χ0) is 15.5. The first-order chi connectivity index (χ1) is 9.97. The lowest BCUT2D eigenvalue weighted by Crippen LogP contribution is -2.40. The molecule has 21 heavy (non-hydrogen) atoms. The van der Waals surface area contributed by atoms with E-state index in [2.05, 4.69) is 6.07 Å². The van der Waals surface area contributed by atoms with Gasteiger partial charge in [-0.3, -0.25) is 9.05 Å². The third-order valence-corrected chi connectivity index (χ3v) is 5.62. The molecule has 0 aromatic heterocycles. The topological polar surface area (TPSA) is 88.8 Å². The van der Waals surface area contributed by atoms with Crippen molar-refractivity contribution in [1.29, 1.82) is 5.26 Å². The summed E-state index contributed by atoms with van der Waals surface area (Å²) in [6.45, 7) is 3.73. The number of rotatable bonds is 6. The summed E-state index contributed by atoms with van der Waals surface area (Å²) in [6, 6.07) is 2.17. The first kappa shape index (κ1) is 16.5. The molecule has 0 heterocycles. The van der Waals surface area contributed by atoms with Crippen LogP contribution in [0.4, 0.5) is 0 Å². The highest BCUT2D eigenvalue weighted by atomic mass is 31.2. The fourth-order valence-electron chi connectivity index (χ4n) is 3.13. The standard InChI is InChI=1S/C14H22NO5P/c1-3-18-21(17,19-4-2)20-13-9-11(10-15)8-12-6-5-7-14(12,13)16/h9,11-12,16H,3-8H2,1-2H3/t11-,12+,14+/m0/s1. The Morgan fingerprint density at radius 3 is 2.71 bits per heavy atom. The lowest BCUT2D eigenvalue weighted by molar-refractivity contribution is -0.0165. The van der Waals surface area contributed by atoms with Crippen LogP contribution in [0.15, 0.2) is 11.8 Å². The molecule has 1 fully saturated rings. The molecule has 2 rings (SSSR count). The number of aliphatic hydroxyl groups is 1. The molecule has 2 aliphatic rings. The van der Waals surface area contributed by atoms with Crippen LogP contribution in [-0.4, -0.2) is 23.9 Å². The number of phosphoric acid groups is 1. The summed E-state index contributed by atoms with van der Waals surface area (Å²) in [5.74, 6) is -0.216. The Balaban J connectivity index is 2.28. The molecule has 0 amide bonds. The van der Waals surface area contributed by atoms with Crippen molar-refractivity contribution in [2.24, 2.45) is 11.8 Å². The van der Waals surface area contributed by atoms with E-state index in [1.807, 2.05) is 0 Å². The van der Waals surface area contributed by atoms with Gasteiger partial charge >= 0.3 is 7.82 Å². The van der Waals surface area contributed by atoms with Gasteiger partial charge in [-0.15, -0.1) is 0 Å². The summed E-state index contributed by atoms with van der Waals surface area (Å²) in [5.41, 5.74) is -1.16. The van der Waals surface area contributed by atoms with Gasteiger partial charge in [0.05, 0.1) is 25.2 Å². The van der Waals surface area contributed by atoms with E-state index in [-0.39, 0.29) is 30.8 Å². The van der Waals surface area contributed by atoms with E-state index >= 15 is 0 Å². The minimum atomic E-state index is -3.75. The van der Waals surface area contributed by atoms with E-state index in [1.54, 1.807) is 19.9 Å². The van der Waals surface area contributed by atoms with Crippen molar-refractivity contribution >= 4 is 7.82 Å². The number of fused-ring (bicyclic) bond motifs is 1. The monoisotopic (exact) mass is 315 g/mol. The van der Waals surface area contributed by atoms with Crippen LogP contribution < -0.4 is 0 Å². The Labute approximate surface area is 125 Å². The molecule has 118 valence electrons. The molecule has 7 heteroatoms. The van der Waals surface area contributed by atoms with Crippen LogP contribution in [0.1, 0.15) is 39.5 Å². The molecule has 0 aliphatic heterocycles. The molecule has 0 aromatic carbocycles. The molecule has 0 bridgehead atoms. The van der Waals surface area contributed by atoms with Crippen LogP contribution in [0.25, 0.3) is 0 Å². The minimum absolute atomic E-state index is 0.0427. The highest BCUT2D eigenvalue weighted by molar-refractivity contribution is 7.48. The van der Waals surface area contributed by atoms with Crippen LogP contribution in [0.3, 0.4) is 0 Å². The van der Waals surface area contributed by atoms with Crippen LogP contribution in [0.2, 0.25) is 0 Å². The Hall–Kier alpha value is -0.860. The van der Waals surface area contributed by atoms with Gasteiger partial charge in [-0.25, -0.2) is 4.57 Å². The third-order valence-electron chi connectivity index (χ3n) is 4.05. The average molecular weight is 315 g/mol. The second-order valence-electron chi connectivity index (χ2n) is 5.39. The first-order valence-electron chi connectivity index (χ1n) is 7.40. The minimum Gasteiger partial charge on any atom is -0.406 e. The SMILES string of the molecule is CCOP(=O)(OCC)OC1=C[C@@H](C#N)C[C@H]2CCC[C@]12O. The molecule has 0 saturated heterocycles. The van der Waals surface area contributed by atoms with E-state index in [0.717, 1.165) is 12.8 Å². The number of nitriles is 1. The summed E-state index contributed by atoms with van der Waals surface area (Å²) < 4.78 is 28.2. The smallest absolute Gasteiger partial charge is 0.406 e. The fraction of sp³-hybridized carbons (Fsp3) is 0.786. The quantitative estimate of drug-likeness (QED) is 0.757. The Morgan fingerprint density at radius 2 is 2.14 bits per heavy atom. The van der Waals surface area contributed by atoms with Gasteiger partial charge in [0.1, 0.15) is 11.4 Å². The first-order valence-corrected chi connectivity index (χ1v) is 8.86. The van der Waals surface area contributed by atoms with Crippen LogP contribution in [-0.2, 0) is 18.1 Å². The molecular weight excluding hydrogens is 293 g/mol. The van der Waals surface area contributed by atoms with E-state index in [4.69, 9.17) is 18.8 Å². The van der Waals surface area contributed by atoms with Crippen molar-refractivity contribution in [3.63, 3.8) is 0 Å². The van der Waals surface area contributed by atoms with Crippen molar-refractivity contribution in [3.8, 4) is 6.07 Å². The summed E-state index contributed by atoms with van der Waals surface area (Å²) in [6.07, 6.45) is 4.40. The number of phosphoric ester groups is 1. The lowest BCUT2D eigenvalue weighted by atomic mass is 9.77. The average Bonchev–Trinajstić information content (AvgIpc) is 2.81. The van der Waals surface area contributed by atoms with Gasteiger partial charge in [-0.1, -0.05) is 0 Å². The molecule has 1 saturated carbocycles.